The third-order valence-electron chi connectivity index (χ3n) is 3.59. The van der Waals surface area contributed by atoms with Gasteiger partial charge in [-0.1, -0.05) is 11.6 Å². The molecule has 0 aliphatic carbocycles. The van der Waals surface area contributed by atoms with E-state index in [0.29, 0.717) is 30.0 Å². The SMILES string of the molecule is CC(C)(C)OC(=O)N1CCC(N)CC1c1cc(Cl)ccc1F. The molecule has 22 heavy (non-hydrogen) atoms. The number of halogens is 2. The topological polar surface area (TPSA) is 55.6 Å². The lowest BCUT2D eigenvalue weighted by molar-refractivity contribution is 0.00759. The molecule has 0 saturated carbocycles. The Labute approximate surface area is 135 Å². The van der Waals surface area contributed by atoms with E-state index in [0.717, 1.165) is 0 Å². The van der Waals surface area contributed by atoms with Crippen molar-refractivity contribution in [2.24, 2.45) is 5.73 Å². The van der Waals surface area contributed by atoms with Gasteiger partial charge in [0.1, 0.15) is 11.4 Å². The van der Waals surface area contributed by atoms with Crippen LogP contribution >= 0.6 is 11.6 Å². The molecule has 1 saturated heterocycles. The number of benzene rings is 1. The molecule has 1 fully saturated rings. The first-order chi connectivity index (χ1) is 10.2. The third-order valence-corrected chi connectivity index (χ3v) is 3.82. The van der Waals surface area contributed by atoms with Gasteiger partial charge in [-0.05, 0) is 51.8 Å². The van der Waals surface area contributed by atoms with E-state index in [4.69, 9.17) is 22.1 Å². The number of amides is 1. The highest BCUT2D eigenvalue weighted by atomic mass is 35.5. The van der Waals surface area contributed by atoms with Crippen molar-refractivity contribution in [2.75, 3.05) is 6.54 Å². The van der Waals surface area contributed by atoms with Crippen molar-refractivity contribution in [1.29, 1.82) is 0 Å². The van der Waals surface area contributed by atoms with Gasteiger partial charge >= 0.3 is 6.09 Å². The van der Waals surface area contributed by atoms with Crippen LogP contribution in [0.5, 0.6) is 0 Å². The Hall–Kier alpha value is -1.33. The molecule has 0 radical (unpaired) electrons. The molecule has 4 nitrogen and oxygen atoms in total. The molecule has 1 aliphatic rings. The van der Waals surface area contributed by atoms with Gasteiger partial charge in [-0.2, -0.15) is 0 Å². The molecule has 2 rings (SSSR count). The summed E-state index contributed by atoms with van der Waals surface area (Å²) in [4.78, 5) is 14.0. The number of hydrogen-bond acceptors (Lipinski definition) is 3. The highest BCUT2D eigenvalue weighted by molar-refractivity contribution is 6.30. The zero-order valence-corrected chi connectivity index (χ0v) is 13.9. The average molecular weight is 329 g/mol. The van der Waals surface area contributed by atoms with Crippen LogP contribution in [0.2, 0.25) is 5.02 Å². The van der Waals surface area contributed by atoms with Crippen LogP contribution in [0.15, 0.2) is 18.2 Å². The predicted molar refractivity (Wildman–Crippen MR) is 84.3 cm³/mol. The molecule has 1 aromatic rings. The molecule has 1 aromatic carbocycles. The lowest BCUT2D eigenvalue weighted by Crippen LogP contribution is -2.47. The fourth-order valence-corrected chi connectivity index (χ4v) is 2.78. The molecule has 1 aliphatic heterocycles. The molecule has 2 unspecified atom stereocenters. The van der Waals surface area contributed by atoms with E-state index in [1.165, 1.54) is 12.1 Å². The van der Waals surface area contributed by atoms with Gasteiger partial charge in [-0.3, -0.25) is 0 Å². The van der Waals surface area contributed by atoms with Crippen molar-refractivity contribution in [2.45, 2.75) is 51.3 Å². The van der Waals surface area contributed by atoms with Gasteiger partial charge in [-0.15, -0.1) is 0 Å². The van der Waals surface area contributed by atoms with Gasteiger partial charge in [0, 0.05) is 23.2 Å². The van der Waals surface area contributed by atoms with Crippen LogP contribution in [0.1, 0.15) is 45.2 Å². The van der Waals surface area contributed by atoms with Gasteiger partial charge in [0.15, 0.2) is 0 Å². The van der Waals surface area contributed by atoms with Crippen LogP contribution in [0, 0.1) is 5.82 Å². The number of carbonyl (C=O) groups excluding carboxylic acids is 1. The summed E-state index contributed by atoms with van der Waals surface area (Å²) < 4.78 is 19.6. The second-order valence-electron chi connectivity index (χ2n) is 6.64. The Morgan fingerprint density at radius 1 is 1.45 bits per heavy atom. The smallest absolute Gasteiger partial charge is 0.410 e. The molecule has 0 spiro atoms. The minimum absolute atomic E-state index is 0.0814. The van der Waals surface area contributed by atoms with Crippen LogP contribution in [-0.4, -0.2) is 29.2 Å². The molecular formula is C16H22ClFN2O2. The fourth-order valence-electron chi connectivity index (χ4n) is 2.60. The number of piperidine rings is 1. The van der Waals surface area contributed by atoms with Gasteiger partial charge < -0.3 is 15.4 Å². The maximum Gasteiger partial charge on any atom is 0.410 e. The lowest BCUT2D eigenvalue weighted by atomic mass is 9.92. The maximum atomic E-state index is 14.2. The van der Waals surface area contributed by atoms with Gasteiger partial charge in [-0.25, -0.2) is 9.18 Å². The Balaban J connectivity index is 2.31. The Bertz CT molecular complexity index is 560. The molecule has 0 bridgehead atoms. The van der Waals surface area contributed by atoms with Crippen molar-refractivity contribution in [3.8, 4) is 0 Å². The minimum atomic E-state index is -0.603. The number of nitrogens with two attached hydrogens (primary N) is 1. The number of likely N-dealkylation sites (tertiary alicyclic amines) is 1. The molecule has 1 heterocycles. The Morgan fingerprint density at radius 3 is 2.77 bits per heavy atom. The van der Waals surface area contributed by atoms with Crippen molar-refractivity contribution >= 4 is 17.7 Å². The minimum Gasteiger partial charge on any atom is -0.444 e. The van der Waals surface area contributed by atoms with Crippen LogP contribution < -0.4 is 5.73 Å². The summed E-state index contributed by atoms with van der Waals surface area (Å²) >= 11 is 5.97. The van der Waals surface area contributed by atoms with Gasteiger partial charge in [0.2, 0.25) is 0 Å². The molecule has 2 N–H and O–H groups in total. The van der Waals surface area contributed by atoms with E-state index in [1.807, 2.05) is 0 Å². The predicted octanol–water partition coefficient (Wildman–Crippen LogP) is 3.88. The van der Waals surface area contributed by atoms with Crippen LogP contribution in [0.25, 0.3) is 0 Å². The van der Waals surface area contributed by atoms with E-state index in [1.54, 1.807) is 31.7 Å². The van der Waals surface area contributed by atoms with E-state index in [9.17, 15) is 9.18 Å². The fraction of sp³-hybridized carbons (Fsp3) is 0.562. The highest BCUT2D eigenvalue weighted by Crippen LogP contribution is 2.34. The van der Waals surface area contributed by atoms with Crippen LogP contribution in [-0.2, 0) is 4.74 Å². The quantitative estimate of drug-likeness (QED) is 0.851. The van der Waals surface area contributed by atoms with Crippen molar-refractivity contribution in [3.63, 3.8) is 0 Å². The zero-order chi connectivity index (χ0) is 16.5. The largest absolute Gasteiger partial charge is 0.444 e. The van der Waals surface area contributed by atoms with Crippen molar-refractivity contribution in [1.82, 2.24) is 4.90 Å². The number of rotatable bonds is 1. The van der Waals surface area contributed by atoms with E-state index in [2.05, 4.69) is 0 Å². The summed E-state index contributed by atoms with van der Waals surface area (Å²) in [6.07, 6.45) is 0.692. The number of carbonyl (C=O) groups is 1. The second-order valence-corrected chi connectivity index (χ2v) is 7.08. The molecule has 122 valence electrons. The summed E-state index contributed by atoms with van der Waals surface area (Å²) in [6.45, 7) is 5.84. The Kier molecular flexibility index (Phi) is 4.97. The van der Waals surface area contributed by atoms with Gasteiger partial charge in [0.05, 0.1) is 6.04 Å². The summed E-state index contributed by atoms with van der Waals surface area (Å²) in [5.74, 6) is -0.392. The maximum absolute atomic E-state index is 14.2. The normalized spacial score (nSPS) is 22.5. The van der Waals surface area contributed by atoms with E-state index in [-0.39, 0.29) is 6.04 Å². The number of ether oxygens (including phenoxy) is 1. The summed E-state index contributed by atoms with van der Waals surface area (Å²) in [5.41, 5.74) is 5.79. The van der Waals surface area contributed by atoms with Gasteiger partial charge in [0.25, 0.3) is 0 Å². The zero-order valence-electron chi connectivity index (χ0n) is 13.1. The molecular weight excluding hydrogens is 307 g/mol. The van der Waals surface area contributed by atoms with Crippen LogP contribution in [0.4, 0.5) is 9.18 Å². The van der Waals surface area contributed by atoms with Crippen molar-refractivity contribution in [3.05, 3.63) is 34.6 Å². The average Bonchev–Trinajstić information content (AvgIpc) is 2.39. The second kappa shape index (κ2) is 6.42. The van der Waals surface area contributed by atoms with Crippen LogP contribution in [0.3, 0.4) is 0 Å². The lowest BCUT2D eigenvalue weighted by Gasteiger charge is -2.39. The molecule has 1 amide bonds. The van der Waals surface area contributed by atoms with E-state index >= 15 is 0 Å². The first-order valence-electron chi connectivity index (χ1n) is 7.37. The molecule has 6 heteroatoms. The molecule has 2 atom stereocenters. The summed E-state index contributed by atoms with van der Waals surface area (Å²) in [5, 5.41) is 0.430. The first-order valence-corrected chi connectivity index (χ1v) is 7.75. The standard InChI is InChI=1S/C16H22ClFN2O2/c1-16(2,3)22-15(21)20-7-6-11(19)9-14(20)12-8-10(17)4-5-13(12)18/h4-5,8,11,14H,6-7,9,19H2,1-3H3. The highest BCUT2D eigenvalue weighted by Gasteiger charge is 2.35. The summed E-state index contributed by atoms with van der Waals surface area (Å²) in [6, 6.07) is 3.81. The number of nitrogens with zero attached hydrogens (tertiary/aromatic N) is 1. The number of hydrogen-bond donors (Lipinski definition) is 1. The monoisotopic (exact) mass is 328 g/mol. The summed E-state index contributed by atoms with van der Waals surface area (Å²) in [7, 11) is 0. The first kappa shape index (κ1) is 17.0. The van der Waals surface area contributed by atoms with E-state index < -0.39 is 23.6 Å². The van der Waals surface area contributed by atoms with Crippen molar-refractivity contribution < 1.29 is 13.9 Å². The Morgan fingerprint density at radius 2 is 2.14 bits per heavy atom. The molecule has 0 aromatic heterocycles. The third kappa shape index (κ3) is 4.11.